The molecule has 0 aliphatic rings. The van der Waals surface area contributed by atoms with E-state index in [0.29, 0.717) is 5.69 Å². The van der Waals surface area contributed by atoms with Crippen LogP contribution in [0.5, 0.6) is 0 Å². The van der Waals surface area contributed by atoms with E-state index in [1.807, 2.05) is 6.07 Å². The molecule has 6 N–H and O–H groups in total. The molecule has 0 spiro atoms. The third kappa shape index (κ3) is 1.90. The van der Waals surface area contributed by atoms with Crippen LogP contribution in [-0.4, -0.2) is 14.7 Å². The monoisotopic (exact) mass is 309 g/mol. The summed E-state index contributed by atoms with van der Waals surface area (Å²) in [5.74, 6) is 0.100. The normalized spacial score (nSPS) is 10.6. The van der Waals surface area contributed by atoms with Crippen molar-refractivity contribution in [2.75, 3.05) is 17.2 Å². The number of nitro benzene ring substituents is 1. The third-order valence-corrected chi connectivity index (χ3v) is 3.50. The Morgan fingerprint density at radius 2 is 1.83 bits per heavy atom. The lowest BCUT2D eigenvalue weighted by Gasteiger charge is -2.05. The van der Waals surface area contributed by atoms with Gasteiger partial charge in [0.15, 0.2) is 5.52 Å². The van der Waals surface area contributed by atoms with E-state index in [0.717, 1.165) is 0 Å². The molecule has 0 aliphatic heterocycles. The first-order chi connectivity index (χ1) is 11.0. The molecule has 0 aliphatic carbocycles. The van der Waals surface area contributed by atoms with Crippen LogP contribution in [-0.2, 0) is 0 Å². The van der Waals surface area contributed by atoms with Gasteiger partial charge >= 0.3 is 5.69 Å². The Bertz CT molecular complexity index is 986. The van der Waals surface area contributed by atoms with Crippen LogP contribution in [0.15, 0.2) is 30.3 Å². The number of rotatable bonds is 2. The first-order valence-electron chi connectivity index (χ1n) is 6.46. The summed E-state index contributed by atoms with van der Waals surface area (Å²) in [7, 11) is 0. The largest absolute Gasteiger partial charge is 0.397 e. The molecule has 2 aromatic carbocycles. The number of nitrogen functional groups attached to an aromatic ring is 3. The Balaban J connectivity index is 2.50. The molecule has 9 heteroatoms. The summed E-state index contributed by atoms with van der Waals surface area (Å²) in [6.07, 6.45) is 0. The molecule has 1 heterocycles. The molecule has 0 amide bonds. The number of aromatic nitrogens is 2. The van der Waals surface area contributed by atoms with E-state index in [4.69, 9.17) is 17.2 Å². The number of anilines is 3. The molecule has 0 radical (unpaired) electrons. The first-order valence-corrected chi connectivity index (χ1v) is 6.46. The fourth-order valence-electron chi connectivity index (χ4n) is 2.45. The zero-order valence-electron chi connectivity index (χ0n) is 11.7. The van der Waals surface area contributed by atoms with E-state index < -0.39 is 10.6 Å². The number of nitro groups is 1. The Morgan fingerprint density at radius 1 is 1.17 bits per heavy atom. The van der Waals surface area contributed by atoms with Crippen molar-refractivity contribution < 1.29 is 4.92 Å². The Morgan fingerprint density at radius 3 is 2.39 bits per heavy atom. The van der Waals surface area contributed by atoms with Crippen LogP contribution in [0.2, 0.25) is 0 Å². The molecular weight excluding hydrogens is 298 g/mol. The minimum Gasteiger partial charge on any atom is -0.397 e. The summed E-state index contributed by atoms with van der Waals surface area (Å²) in [4.78, 5) is 10.7. The van der Waals surface area contributed by atoms with Gasteiger partial charge in [0, 0.05) is 0 Å². The lowest BCUT2D eigenvalue weighted by atomic mass is 10.1. The number of nitrogens with two attached hydrogens (primary N) is 3. The van der Waals surface area contributed by atoms with E-state index in [9.17, 15) is 15.4 Å². The molecular formula is C14H11N7O2. The van der Waals surface area contributed by atoms with Crippen molar-refractivity contribution in [2.24, 2.45) is 0 Å². The average Bonchev–Trinajstić information content (AvgIpc) is 2.86. The van der Waals surface area contributed by atoms with Gasteiger partial charge in [-0.1, -0.05) is 18.2 Å². The maximum Gasteiger partial charge on any atom is 0.321 e. The molecule has 23 heavy (non-hydrogen) atoms. The molecule has 0 fully saturated rings. The quantitative estimate of drug-likeness (QED) is 0.367. The van der Waals surface area contributed by atoms with Crippen molar-refractivity contribution in [3.05, 3.63) is 46.0 Å². The van der Waals surface area contributed by atoms with E-state index in [1.165, 1.54) is 4.68 Å². The van der Waals surface area contributed by atoms with Crippen molar-refractivity contribution >= 4 is 33.8 Å². The molecule has 0 unspecified atom stereocenters. The van der Waals surface area contributed by atoms with E-state index >= 15 is 0 Å². The second-order valence-corrected chi connectivity index (χ2v) is 4.78. The van der Waals surface area contributed by atoms with E-state index in [-0.39, 0.29) is 33.7 Å². The van der Waals surface area contributed by atoms with Gasteiger partial charge in [-0.15, -0.1) is 0 Å². The minimum atomic E-state index is -0.695. The van der Waals surface area contributed by atoms with Gasteiger partial charge in [-0.2, -0.15) is 10.4 Å². The highest BCUT2D eigenvalue weighted by Crippen LogP contribution is 2.41. The highest BCUT2D eigenvalue weighted by molar-refractivity contribution is 6.10. The third-order valence-electron chi connectivity index (χ3n) is 3.50. The van der Waals surface area contributed by atoms with Crippen LogP contribution in [0.4, 0.5) is 22.9 Å². The maximum absolute atomic E-state index is 11.4. The molecule has 1 aromatic heterocycles. The zero-order valence-corrected chi connectivity index (χ0v) is 11.7. The Kier molecular flexibility index (Phi) is 3.01. The second kappa shape index (κ2) is 4.88. The highest BCUT2D eigenvalue weighted by Gasteiger charge is 2.29. The lowest BCUT2D eigenvalue weighted by molar-refractivity contribution is -0.382. The van der Waals surface area contributed by atoms with Crippen molar-refractivity contribution in [3.8, 4) is 11.8 Å². The Labute approximate surface area is 129 Å². The van der Waals surface area contributed by atoms with Crippen LogP contribution in [0.25, 0.3) is 16.6 Å². The number of hydrogen-bond acceptors (Lipinski definition) is 7. The van der Waals surface area contributed by atoms with E-state index in [1.54, 1.807) is 30.3 Å². The molecule has 9 nitrogen and oxygen atoms in total. The van der Waals surface area contributed by atoms with Gasteiger partial charge in [-0.05, 0) is 12.1 Å². The van der Waals surface area contributed by atoms with Crippen LogP contribution in [0.1, 0.15) is 5.56 Å². The molecule has 0 bridgehead atoms. The van der Waals surface area contributed by atoms with Gasteiger partial charge in [-0.3, -0.25) is 10.1 Å². The number of benzene rings is 2. The van der Waals surface area contributed by atoms with Crippen LogP contribution < -0.4 is 17.2 Å². The molecule has 3 aromatic rings. The fraction of sp³-hybridized carbons (Fsp3) is 0. The number of nitrogens with zero attached hydrogens (tertiary/aromatic N) is 4. The van der Waals surface area contributed by atoms with Crippen LogP contribution >= 0.6 is 0 Å². The van der Waals surface area contributed by atoms with Crippen molar-refractivity contribution in [3.63, 3.8) is 0 Å². The van der Waals surface area contributed by atoms with Gasteiger partial charge in [0.25, 0.3) is 0 Å². The molecule has 0 saturated heterocycles. The van der Waals surface area contributed by atoms with Gasteiger partial charge in [0.05, 0.1) is 21.7 Å². The SMILES string of the molecule is N#Cc1c(N)c([N+](=O)[O-])c2nn(-c3ccccc3)c(N)c2c1N. The van der Waals surface area contributed by atoms with Gasteiger partial charge in [-0.25, -0.2) is 4.68 Å². The maximum atomic E-state index is 11.4. The zero-order chi connectivity index (χ0) is 16.7. The number of nitriles is 1. The summed E-state index contributed by atoms with van der Waals surface area (Å²) in [6, 6.07) is 10.6. The van der Waals surface area contributed by atoms with Crippen LogP contribution in [0.3, 0.4) is 0 Å². The predicted molar refractivity (Wildman–Crippen MR) is 85.7 cm³/mol. The van der Waals surface area contributed by atoms with Gasteiger partial charge < -0.3 is 17.2 Å². The van der Waals surface area contributed by atoms with Crippen molar-refractivity contribution in [1.82, 2.24) is 9.78 Å². The Hall–Kier alpha value is -3.80. The molecule has 0 saturated carbocycles. The standard InChI is InChI=1S/C14H11N7O2/c15-6-8-10(16)9-12(13(11(8)17)21(22)23)19-20(14(9)18)7-4-2-1-3-5-7/h1-5H,16-18H2. The topological polar surface area (TPSA) is 163 Å². The molecule has 0 atom stereocenters. The summed E-state index contributed by atoms with van der Waals surface area (Å²) in [6.45, 7) is 0. The number of fused-ring (bicyclic) bond motifs is 1. The summed E-state index contributed by atoms with van der Waals surface area (Å²) in [5.41, 5.74) is 17.3. The predicted octanol–water partition coefficient (Wildman–Crippen LogP) is 1.55. The summed E-state index contributed by atoms with van der Waals surface area (Å²) < 4.78 is 1.33. The molecule has 3 rings (SSSR count). The summed E-state index contributed by atoms with van der Waals surface area (Å²) >= 11 is 0. The fourth-order valence-corrected chi connectivity index (χ4v) is 2.45. The minimum absolute atomic E-state index is 0.0229. The second-order valence-electron chi connectivity index (χ2n) is 4.78. The summed E-state index contributed by atoms with van der Waals surface area (Å²) in [5, 5.41) is 24.9. The number of hydrogen-bond donors (Lipinski definition) is 3. The highest BCUT2D eigenvalue weighted by atomic mass is 16.6. The van der Waals surface area contributed by atoms with Crippen LogP contribution in [0, 0.1) is 21.4 Å². The van der Waals surface area contributed by atoms with Gasteiger partial charge in [0.1, 0.15) is 23.1 Å². The van der Waals surface area contributed by atoms with Gasteiger partial charge in [0.2, 0.25) is 0 Å². The smallest absolute Gasteiger partial charge is 0.321 e. The lowest BCUT2D eigenvalue weighted by Crippen LogP contribution is -2.04. The number of para-hydroxylation sites is 1. The molecule has 114 valence electrons. The van der Waals surface area contributed by atoms with Crippen molar-refractivity contribution in [1.29, 1.82) is 5.26 Å². The van der Waals surface area contributed by atoms with E-state index in [2.05, 4.69) is 5.10 Å². The average molecular weight is 309 g/mol. The first kappa shape index (κ1) is 14.2. The van der Waals surface area contributed by atoms with Crippen molar-refractivity contribution in [2.45, 2.75) is 0 Å².